The van der Waals surface area contributed by atoms with Gasteiger partial charge in [-0.1, -0.05) is 18.2 Å². The Labute approximate surface area is 146 Å². The largest absolute Gasteiger partial charge is 0.355 e. The number of carbonyl (C=O) groups is 1. The van der Waals surface area contributed by atoms with E-state index in [1.165, 1.54) is 18.9 Å². The van der Waals surface area contributed by atoms with Crippen molar-refractivity contribution in [3.05, 3.63) is 53.5 Å². The Kier molecular flexibility index (Phi) is 4.34. The van der Waals surface area contributed by atoms with E-state index < -0.39 is 0 Å². The molecule has 2 aromatic rings. The highest BCUT2D eigenvalue weighted by molar-refractivity contribution is 5.92. The molecule has 1 saturated carbocycles. The Bertz CT molecular complexity index is 752. The molecule has 1 aliphatic carbocycles. The van der Waals surface area contributed by atoms with E-state index in [4.69, 9.17) is 0 Å². The van der Waals surface area contributed by atoms with Crippen LogP contribution in [0.3, 0.4) is 0 Å². The Balaban J connectivity index is 1.32. The van der Waals surface area contributed by atoms with Crippen molar-refractivity contribution in [3.8, 4) is 0 Å². The summed E-state index contributed by atoms with van der Waals surface area (Å²) in [6.45, 7) is 2.00. The molecule has 0 unspecified atom stereocenters. The number of benzene rings is 1. The van der Waals surface area contributed by atoms with Crippen LogP contribution in [0.15, 0.2) is 36.4 Å². The average molecular weight is 340 g/mol. The number of amides is 1. The first-order chi connectivity index (χ1) is 12.2. The first-order valence-corrected chi connectivity index (χ1v) is 8.84. The Morgan fingerprint density at radius 2 is 1.84 bits per heavy atom. The Morgan fingerprint density at radius 3 is 2.52 bits per heavy atom. The van der Waals surface area contributed by atoms with Gasteiger partial charge in [0.15, 0.2) is 11.5 Å². The second kappa shape index (κ2) is 6.78. The van der Waals surface area contributed by atoms with Crippen molar-refractivity contribution < 1.29 is 9.18 Å². The van der Waals surface area contributed by atoms with Crippen LogP contribution in [-0.4, -0.2) is 35.2 Å². The third kappa shape index (κ3) is 3.34. The number of anilines is 1. The van der Waals surface area contributed by atoms with Crippen LogP contribution in [0.1, 0.15) is 47.7 Å². The van der Waals surface area contributed by atoms with Gasteiger partial charge in [0.1, 0.15) is 5.82 Å². The van der Waals surface area contributed by atoms with Crippen molar-refractivity contribution in [2.24, 2.45) is 0 Å². The Morgan fingerprint density at radius 1 is 1.08 bits per heavy atom. The summed E-state index contributed by atoms with van der Waals surface area (Å²) in [5, 5.41) is 11.2. The highest BCUT2D eigenvalue weighted by atomic mass is 19.1. The Hall–Kier alpha value is -2.50. The molecule has 2 aliphatic rings. The molecule has 0 radical (unpaired) electrons. The summed E-state index contributed by atoms with van der Waals surface area (Å²) in [4.78, 5) is 14.5. The maximum atomic E-state index is 13.8. The molecule has 1 amide bonds. The highest BCUT2D eigenvalue weighted by Gasteiger charge is 2.33. The van der Waals surface area contributed by atoms with Gasteiger partial charge in [0.2, 0.25) is 0 Å². The lowest BCUT2D eigenvalue weighted by atomic mass is 9.75. The number of nitrogens with zero attached hydrogens (tertiary/aromatic N) is 3. The predicted octanol–water partition coefficient (Wildman–Crippen LogP) is 2.89. The van der Waals surface area contributed by atoms with Crippen LogP contribution in [0.2, 0.25) is 0 Å². The number of carbonyl (C=O) groups excluding carboxylic acids is 1. The first-order valence-electron chi connectivity index (χ1n) is 8.84. The zero-order chi connectivity index (χ0) is 17.2. The van der Waals surface area contributed by atoms with Gasteiger partial charge in [-0.15, -0.1) is 10.2 Å². The fraction of sp³-hybridized carbons (Fsp3) is 0.421. The minimum atomic E-state index is -0.211. The second-order valence-corrected chi connectivity index (χ2v) is 6.83. The van der Waals surface area contributed by atoms with Gasteiger partial charge in [0.25, 0.3) is 5.91 Å². The minimum Gasteiger partial charge on any atom is -0.355 e. The fourth-order valence-corrected chi connectivity index (χ4v) is 3.62. The number of hydrogen-bond donors (Lipinski definition) is 1. The minimum absolute atomic E-state index is 0.0668. The summed E-state index contributed by atoms with van der Waals surface area (Å²) in [6.07, 6.45) is 3.86. The molecule has 6 heteroatoms. The van der Waals surface area contributed by atoms with Gasteiger partial charge in [-0.25, -0.2) is 4.39 Å². The maximum Gasteiger partial charge on any atom is 0.272 e. The molecule has 1 aromatic heterocycles. The molecule has 130 valence electrons. The van der Waals surface area contributed by atoms with E-state index in [0.29, 0.717) is 5.69 Å². The summed E-state index contributed by atoms with van der Waals surface area (Å²) in [5.74, 6) is 0.630. The van der Waals surface area contributed by atoms with Crippen molar-refractivity contribution in [2.75, 3.05) is 18.0 Å². The van der Waals surface area contributed by atoms with Gasteiger partial charge in [0.05, 0.1) is 0 Å². The summed E-state index contributed by atoms with van der Waals surface area (Å²) in [5.41, 5.74) is 1.07. The van der Waals surface area contributed by atoms with Crippen LogP contribution in [0, 0.1) is 5.82 Å². The quantitative estimate of drug-likeness (QED) is 0.930. The molecular formula is C19H21FN4O. The summed E-state index contributed by atoms with van der Waals surface area (Å²) >= 11 is 0. The monoisotopic (exact) mass is 340 g/mol. The van der Waals surface area contributed by atoms with E-state index in [9.17, 15) is 9.18 Å². The van der Waals surface area contributed by atoms with E-state index in [-0.39, 0.29) is 23.7 Å². The molecule has 1 aliphatic heterocycles. The molecule has 25 heavy (non-hydrogen) atoms. The van der Waals surface area contributed by atoms with E-state index in [2.05, 4.69) is 20.4 Å². The van der Waals surface area contributed by atoms with Gasteiger partial charge in [-0.2, -0.15) is 0 Å². The molecule has 2 heterocycles. The number of rotatable bonds is 4. The van der Waals surface area contributed by atoms with Crippen LogP contribution in [0.25, 0.3) is 0 Å². The van der Waals surface area contributed by atoms with E-state index in [1.54, 1.807) is 12.1 Å². The van der Waals surface area contributed by atoms with Crippen LogP contribution >= 0.6 is 0 Å². The normalized spacial score (nSPS) is 22.5. The molecule has 2 fully saturated rings. The van der Waals surface area contributed by atoms with Crippen molar-refractivity contribution in [3.63, 3.8) is 0 Å². The molecule has 1 saturated heterocycles. The van der Waals surface area contributed by atoms with E-state index in [0.717, 1.165) is 37.3 Å². The predicted molar refractivity (Wildman–Crippen MR) is 93.1 cm³/mol. The number of aromatic nitrogens is 2. The van der Waals surface area contributed by atoms with Crippen molar-refractivity contribution >= 4 is 11.7 Å². The summed E-state index contributed by atoms with van der Waals surface area (Å²) in [6, 6.07) is 10.5. The molecule has 1 aromatic carbocycles. The van der Waals surface area contributed by atoms with E-state index >= 15 is 0 Å². The molecule has 1 N–H and O–H groups in total. The maximum absolute atomic E-state index is 13.8. The standard InChI is InChI=1S/C19H21FN4O/c20-16-6-2-1-5-15(16)13-11-14(12-13)21-19(25)17-7-8-18(23-22-17)24-9-3-4-10-24/h1-2,5-8,13-14H,3-4,9-12H2,(H,21,25). The molecule has 0 atom stereocenters. The second-order valence-electron chi connectivity index (χ2n) is 6.83. The zero-order valence-electron chi connectivity index (χ0n) is 14.0. The first kappa shape index (κ1) is 16.0. The van der Waals surface area contributed by atoms with Gasteiger partial charge >= 0.3 is 0 Å². The smallest absolute Gasteiger partial charge is 0.272 e. The van der Waals surface area contributed by atoms with Crippen molar-refractivity contribution in [1.29, 1.82) is 0 Å². The van der Waals surface area contributed by atoms with Crippen molar-refractivity contribution in [2.45, 2.75) is 37.6 Å². The lowest BCUT2D eigenvalue weighted by Crippen LogP contribution is -2.43. The van der Waals surface area contributed by atoms with E-state index in [1.807, 2.05) is 18.2 Å². The third-order valence-corrected chi connectivity index (χ3v) is 5.13. The molecule has 0 bridgehead atoms. The SMILES string of the molecule is O=C(NC1CC(c2ccccc2F)C1)c1ccc(N2CCCC2)nn1. The number of halogens is 1. The van der Waals surface area contributed by atoms with Crippen LogP contribution < -0.4 is 10.2 Å². The van der Waals surface area contributed by atoms with Gasteiger partial charge in [0, 0.05) is 19.1 Å². The topological polar surface area (TPSA) is 58.1 Å². The number of hydrogen-bond acceptors (Lipinski definition) is 4. The molecular weight excluding hydrogens is 319 g/mol. The van der Waals surface area contributed by atoms with Crippen LogP contribution in [0.4, 0.5) is 10.2 Å². The highest BCUT2D eigenvalue weighted by Crippen LogP contribution is 2.38. The number of nitrogens with one attached hydrogen (secondary N) is 1. The molecule has 5 nitrogen and oxygen atoms in total. The third-order valence-electron chi connectivity index (χ3n) is 5.13. The van der Waals surface area contributed by atoms with Crippen molar-refractivity contribution in [1.82, 2.24) is 15.5 Å². The van der Waals surface area contributed by atoms with Gasteiger partial charge < -0.3 is 10.2 Å². The van der Waals surface area contributed by atoms with Gasteiger partial charge in [-0.3, -0.25) is 4.79 Å². The van der Waals surface area contributed by atoms with Gasteiger partial charge in [-0.05, 0) is 55.4 Å². The summed E-state index contributed by atoms with van der Waals surface area (Å²) in [7, 11) is 0. The van der Waals surface area contributed by atoms with Crippen LogP contribution in [0.5, 0.6) is 0 Å². The lowest BCUT2D eigenvalue weighted by Gasteiger charge is -2.36. The fourth-order valence-electron chi connectivity index (χ4n) is 3.62. The molecule has 0 spiro atoms. The lowest BCUT2D eigenvalue weighted by molar-refractivity contribution is 0.0902. The summed E-state index contributed by atoms with van der Waals surface area (Å²) < 4.78 is 13.8. The zero-order valence-corrected chi connectivity index (χ0v) is 14.0. The molecule has 4 rings (SSSR count). The van der Waals surface area contributed by atoms with Crippen LogP contribution in [-0.2, 0) is 0 Å². The average Bonchev–Trinajstić information content (AvgIpc) is 3.13.